The van der Waals surface area contributed by atoms with Crippen LogP contribution in [-0.4, -0.2) is 60.8 Å². The Kier molecular flexibility index (Phi) is 7.10. The number of carbonyl (C=O) groups is 1. The molecule has 0 bridgehead atoms. The Morgan fingerprint density at radius 1 is 1.35 bits per heavy atom. The summed E-state index contributed by atoms with van der Waals surface area (Å²) in [7, 11) is -3.00. The van der Waals surface area contributed by atoms with Gasteiger partial charge in [-0.25, -0.2) is 4.98 Å². The highest BCUT2D eigenvalue weighted by molar-refractivity contribution is 8.27. The predicted octanol–water partition coefficient (Wildman–Crippen LogP) is 3.49. The molecular formula is C22H27N3O7S2. The van der Waals surface area contributed by atoms with Crippen molar-refractivity contribution in [2.75, 3.05) is 18.5 Å². The van der Waals surface area contributed by atoms with Crippen molar-refractivity contribution in [3.8, 4) is 0 Å². The molecule has 1 aliphatic carbocycles. The molecule has 1 aromatic heterocycles. The number of oxime groups is 1. The van der Waals surface area contributed by atoms with Crippen LogP contribution in [0.3, 0.4) is 0 Å². The van der Waals surface area contributed by atoms with Crippen molar-refractivity contribution in [2.45, 2.75) is 49.4 Å². The molecule has 10 nitrogen and oxygen atoms in total. The smallest absolute Gasteiger partial charge is 0.280 e. The molecule has 5 N–H and O–H groups in total. The molecule has 34 heavy (non-hydrogen) atoms. The average molecular weight is 510 g/mol. The summed E-state index contributed by atoms with van der Waals surface area (Å²) in [5.74, 6) is -0.596. The number of thiazole rings is 1. The third kappa shape index (κ3) is 5.66. The van der Waals surface area contributed by atoms with Gasteiger partial charge in [-0.2, -0.15) is 0 Å². The van der Waals surface area contributed by atoms with Gasteiger partial charge in [-0.05, 0) is 26.0 Å². The molecule has 2 heterocycles. The fourth-order valence-corrected chi connectivity index (χ4v) is 5.50. The molecule has 1 saturated heterocycles. The highest BCUT2D eigenvalue weighted by Crippen LogP contribution is 2.61. The third-order valence-electron chi connectivity index (χ3n) is 5.27. The number of aliphatic hydroxyl groups is 2. The van der Waals surface area contributed by atoms with E-state index in [1.54, 1.807) is 30.3 Å². The first-order chi connectivity index (χ1) is 16.1. The highest BCUT2D eigenvalue weighted by Gasteiger charge is 2.29. The molecular weight excluding hydrogens is 482 g/mol. The fraction of sp³-hybridized carbons (Fsp3) is 0.409. The average Bonchev–Trinajstić information content (AvgIpc) is 3.35. The number of hydrogen-bond donors (Lipinski definition) is 5. The first kappa shape index (κ1) is 24.8. The number of aromatic nitrogens is 1. The summed E-state index contributed by atoms with van der Waals surface area (Å²) in [5, 5.41) is 27.2. The molecule has 0 saturated carbocycles. The largest absolute Gasteiger partial charge is 0.389 e. The van der Waals surface area contributed by atoms with E-state index < -0.39 is 28.2 Å². The van der Waals surface area contributed by atoms with E-state index in [1.807, 2.05) is 0 Å². The molecule has 1 fully saturated rings. The van der Waals surface area contributed by atoms with Crippen molar-refractivity contribution in [1.29, 1.82) is 0 Å². The molecule has 2 aliphatic rings. The second-order valence-electron chi connectivity index (χ2n) is 8.56. The Bertz CT molecular complexity index is 1100. The number of carbonyl (C=O) groups excluding carboxylic acids is 1. The maximum absolute atomic E-state index is 13.1. The summed E-state index contributed by atoms with van der Waals surface area (Å²) in [6.07, 6.45) is 2.94. The van der Waals surface area contributed by atoms with Gasteiger partial charge >= 0.3 is 0 Å². The zero-order valence-corrected chi connectivity index (χ0v) is 20.3. The van der Waals surface area contributed by atoms with Gasteiger partial charge in [0.1, 0.15) is 6.10 Å². The topological polar surface area (TPSA) is 154 Å². The van der Waals surface area contributed by atoms with E-state index >= 15 is 0 Å². The summed E-state index contributed by atoms with van der Waals surface area (Å²) in [5.41, 5.74) is -0.985. The standard InChI is InChI=1S/C22H27N3O7S2/c1-22(2,28)19(26)17-11-23-21(33-17)24-20(27)18(25-32-14-9-10-31-12-14)13-3-5-15(6-4-13)34(29,30)16-7-8-16/h3-7,11,14,19,26,28-30H,8-10,12H2,1-2H3,(H,23,24,27)/t14-,19?/m1/s1. The molecule has 1 amide bonds. The summed E-state index contributed by atoms with van der Waals surface area (Å²) >= 11 is 1.03. The lowest BCUT2D eigenvalue weighted by Gasteiger charge is -2.30. The number of benzene rings is 1. The van der Waals surface area contributed by atoms with Crippen LogP contribution in [0.1, 0.15) is 43.2 Å². The molecule has 0 radical (unpaired) electrons. The minimum absolute atomic E-state index is 0.0275. The first-order valence-corrected chi connectivity index (χ1v) is 13.0. The Morgan fingerprint density at radius 2 is 2.06 bits per heavy atom. The second-order valence-corrected chi connectivity index (χ2v) is 11.7. The van der Waals surface area contributed by atoms with Crippen LogP contribution < -0.4 is 5.32 Å². The van der Waals surface area contributed by atoms with Crippen LogP contribution in [0.15, 0.2) is 51.5 Å². The van der Waals surface area contributed by atoms with Gasteiger partial charge in [-0.1, -0.05) is 34.7 Å². The van der Waals surface area contributed by atoms with E-state index in [1.165, 1.54) is 20.0 Å². The van der Waals surface area contributed by atoms with Crippen molar-refractivity contribution in [3.05, 3.63) is 51.9 Å². The van der Waals surface area contributed by atoms with Gasteiger partial charge in [-0.15, -0.1) is 10.6 Å². The van der Waals surface area contributed by atoms with E-state index in [2.05, 4.69) is 15.5 Å². The number of aliphatic hydroxyl groups excluding tert-OH is 1. The lowest BCUT2D eigenvalue weighted by Crippen LogP contribution is -2.27. The Labute approximate surface area is 202 Å². The van der Waals surface area contributed by atoms with Crippen LogP contribution in [0.2, 0.25) is 0 Å². The van der Waals surface area contributed by atoms with Gasteiger partial charge < -0.3 is 19.8 Å². The van der Waals surface area contributed by atoms with Crippen LogP contribution in [0.5, 0.6) is 0 Å². The van der Waals surface area contributed by atoms with E-state index in [-0.39, 0.29) is 16.9 Å². The monoisotopic (exact) mass is 509 g/mol. The van der Waals surface area contributed by atoms with Crippen LogP contribution in [0, 0.1) is 0 Å². The van der Waals surface area contributed by atoms with E-state index in [0.29, 0.717) is 46.3 Å². The van der Waals surface area contributed by atoms with Crippen molar-refractivity contribution >= 4 is 38.7 Å². The maximum atomic E-state index is 13.1. The zero-order valence-electron chi connectivity index (χ0n) is 18.7. The van der Waals surface area contributed by atoms with Gasteiger partial charge in [0, 0.05) is 29.5 Å². The number of ether oxygens (including phenoxy) is 1. The summed E-state index contributed by atoms with van der Waals surface area (Å²) in [6.45, 7) is 3.87. The van der Waals surface area contributed by atoms with Crippen molar-refractivity contribution < 1.29 is 33.7 Å². The van der Waals surface area contributed by atoms with Crippen molar-refractivity contribution in [1.82, 2.24) is 4.98 Å². The minimum atomic E-state index is -3.00. The van der Waals surface area contributed by atoms with Crippen LogP contribution in [0.4, 0.5) is 5.13 Å². The molecule has 2 atom stereocenters. The number of rotatable bonds is 9. The molecule has 1 aliphatic heterocycles. The predicted molar refractivity (Wildman–Crippen MR) is 129 cm³/mol. The van der Waals surface area contributed by atoms with Gasteiger partial charge in [-0.3, -0.25) is 19.2 Å². The summed E-state index contributed by atoms with van der Waals surface area (Å²) < 4.78 is 26.1. The van der Waals surface area contributed by atoms with E-state index in [4.69, 9.17) is 9.57 Å². The second kappa shape index (κ2) is 9.74. The fourth-order valence-electron chi connectivity index (χ4n) is 3.15. The zero-order chi connectivity index (χ0) is 24.5. The van der Waals surface area contributed by atoms with Crippen LogP contribution in [0.25, 0.3) is 0 Å². The van der Waals surface area contributed by atoms with Crippen LogP contribution in [-0.2, 0) is 14.4 Å². The molecule has 1 aromatic carbocycles. The number of hydrogen-bond acceptors (Lipinski definition) is 10. The lowest BCUT2D eigenvalue weighted by molar-refractivity contribution is -0.110. The van der Waals surface area contributed by atoms with Gasteiger partial charge in [0.15, 0.2) is 16.9 Å². The number of anilines is 1. The SMILES string of the molecule is CC(C)(O)C(O)c1cnc(NC(=O)C(=NO[C@@H]2CCOC2)c2ccc(S(O)(O)C3=CC3)cc2)s1. The Balaban J connectivity index is 1.55. The van der Waals surface area contributed by atoms with Crippen molar-refractivity contribution in [3.63, 3.8) is 0 Å². The number of nitrogens with zero attached hydrogens (tertiary/aromatic N) is 2. The van der Waals surface area contributed by atoms with Gasteiger partial charge in [0.25, 0.3) is 5.91 Å². The lowest BCUT2D eigenvalue weighted by atomic mass is 10.0. The van der Waals surface area contributed by atoms with Gasteiger partial charge in [0.2, 0.25) is 0 Å². The summed E-state index contributed by atoms with van der Waals surface area (Å²) in [6, 6.07) is 6.24. The highest BCUT2D eigenvalue weighted by atomic mass is 32.3. The van der Waals surface area contributed by atoms with Gasteiger partial charge in [0.05, 0.1) is 28.6 Å². The first-order valence-electron chi connectivity index (χ1n) is 10.6. The number of nitrogens with one attached hydrogen (secondary N) is 1. The Morgan fingerprint density at radius 3 is 2.65 bits per heavy atom. The minimum Gasteiger partial charge on any atom is -0.389 e. The molecule has 2 aromatic rings. The third-order valence-corrected chi connectivity index (χ3v) is 8.23. The molecule has 0 spiro atoms. The number of allylic oxidation sites excluding steroid dienone is 2. The molecule has 184 valence electrons. The van der Waals surface area contributed by atoms with Crippen molar-refractivity contribution in [2.24, 2.45) is 5.16 Å². The number of amides is 1. The molecule has 1 unspecified atom stereocenters. The normalized spacial score (nSPS) is 20.0. The van der Waals surface area contributed by atoms with Crippen LogP contribution >= 0.6 is 21.9 Å². The molecule has 4 rings (SSSR count). The van der Waals surface area contributed by atoms with E-state index in [0.717, 1.165) is 11.3 Å². The quantitative estimate of drug-likeness (QED) is 0.254. The van der Waals surface area contributed by atoms with E-state index in [9.17, 15) is 24.1 Å². The Hall–Kier alpha value is -2.32. The molecule has 12 heteroatoms. The maximum Gasteiger partial charge on any atom is 0.280 e. The summed E-state index contributed by atoms with van der Waals surface area (Å²) in [4.78, 5) is 24.1.